The van der Waals surface area contributed by atoms with Gasteiger partial charge < -0.3 is 10.2 Å². The fourth-order valence-electron chi connectivity index (χ4n) is 3.69. The number of carbonyl (C=O) groups is 3. The fourth-order valence-corrected chi connectivity index (χ4v) is 3.69. The van der Waals surface area contributed by atoms with Crippen molar-refractivity contribution in [1.29, 1.82) is 0 Å². The van der Waals surface area contributed by atoms with Crippen molar-refractivity contribution in [2.24, 2.45) is 0 Å². The van der Waals surface area contributed by atoms with Crippen LogP contribution in [-0.4, -0.2) is 47.8 Å². The second-order valence-corrected chi connectivity index (χ2v) is 6.76. The van der Waals surface area contributed by atoms with Gasteiger partial charge >= 0.3 is 6.03 Å². The maximum absolute atomic E-state index is 12.4. The fraction of sp³-hybridized carbons (Fsp3) is 0.250. The van der Waals surface area contributed by atoms with Gasteiger partial charge in [-0.05, 0) is 40.8 Å². The number of anilines is 1. The Morgan fingerprint density at radius 1 is 1.08 bits per heavy atom. The summed E-state index contributed by atoms with van der Waals surface area (Å²) in [6.45, 7) is 0. The molecule has 1 atom stereocenters. The van der Waals surface area contributed by atoms with E-state index in [0.29, 0.717) is 5.69 Å². The number of hydrogen-bond acceptors (Lipinski definition) is 3. The van der Waals surface area contributed by atoms with E-state index in [1.807, 2.05) is 30.3 Å². The van der Waals surface area contributed by atoms with Crippen molar-refractivity contribution >= 4 is 23.5 Å². The highest BCUT2D eigenvalue weighted by Crippen LogP contribution is 2.37. The molecule has 0 bridgehead atoms. The summed E-state index contributed by atoms with van der Waals surface area (Å²) in [6.07, 6.45) is 0.793. The van der Waals surface area contributed by atoms with Gasteiger partial charge in [-0.1, -0.05) is 30.3 Å². The lowest BCUT2D eigenvalue weighted by Gasteiger charge is -2.16. The van der Waals surface area contributed by atoms with E-state index >= 15 is 0 Å². The molecule has 2 aromatic carbocycles. The van der Waals surface area contributed by atoms with Crippen LogP contribution in [0, 0.1) is 0 Å². The third-order valence-electron chi connectivity index (χ3n) is 5.13. The van der Waals surface area contributed by atoms with E-state index < -0.39 is 6.04 Å². The Morgan fingerprint density at radius 2 is 1.81 bits per heavy atom. The van der Waals surface area contributed by atoms with Crippen LogP contribution in [0.5, 0.6) is 0 Å². The van der Waals surface area contributed by atoms with Crippen LogP contribution < -0.4 is 5.32 Å². The molecule has 6 heteroatoms. The van der Waals surface area contributed by atoms with Gasteiger partial charge in [0.05, 0.1) is 6.42 Å². The first kappa shape index (κ1) is 16.3. The highest BCUT2D eigenvalue weighted by Gasteiger charge is 2.41. The highest BCUT2D eigenvalue weighted by atomic mass is 16.2. The summed E-state index contributed by atoms with van der Waals surface area (Å²) in [5, 5.41) is 2.85. The lowest BCUT2D eigenvalue weighted by molar-refractivity contribution is -0.129. The molecule has 1 heterocycles. The lowest BCUT2D eigenvalue weighted by atomic mass is 10.1. The molecule has 1 saturated heterocycles. The molecule has 0 saturated carbocycles. The van der Waals surface area contributed by atoms with Crippen molar-refractivity contribution in [1.82, 2.24) is 9.80 Å². The Bertz CT molecular complexity index is 938. The van der Waals surface area contributed by atoms with E-state index in [-0.39, 0.29) is 24.3 Å². The van der Waals surface area contributed by atoms with Gasteiger partial charge in [0.25, 0.3) is 5.91 Å². The Morgan fingerprint density at radius 3 is 2.54 bits per heavy atom. The Kier molecular flexibility index (Phi) is 3.76. The number of likely N-dealkylation sites (N-methyl/N-ethyl adjacent to an activating group) is 2. The van der Waals surface area contributed by atoms with E-state index in [1.54, 1.807) is 0 Å². The number of imide groups is 1. The maximum Gasteiger partial charge on any atom is 0.326 e. The normalized spacial score (nSPS) is 18.2. The Balaban J connectivity index is 1.47. The largest absolute Gasteiger partial charge is 0.326 e. The SMILES string of the molecule is CN1C(=O)[C@@H](CC(=O)Nc2ccc3c(c2)Cc2ccccc2-3)N(C)C1=O. The first-order valence-electron chi connectivity index (χ1n) is 8.51. The zero-order valence-corrected chi connectivity index (χ0v) is 14.7. The minimum Gasteiger partial charge on any atom is -0.326 e. The molecule has 4 amide bonds. The average Bonchev–Trinajstić information content (AvgIpc) is 3.08. The standard InChI is InChI=1S/C20H19N3O3/c1-22-17(19(25)23(2)20(22)26)11-18(24)21-14-7-8-16-13(10-14)9-12-5-3-4-6-15(12)16/h3-8,10,17H,9,11H2,1-2H3,(H,21,24)/t17-/m1/s1. The summed E-state index contributed by atoms with van der Waals surface area (Å²) in [5.41, 5.74) is 5.59. The smallest absolute Gasteiger partial charge is 0.326 e. The molecule has 2 aromatic rings. The second-order valence-electron chi connectivity index (χ2n) is 6.76. The van der Waals surface area contributed by atoms with Gasteiger partial charge in [0.2, 0.25) is 5.91 Å². The second kappa shape index (κ2) is 5.98. The number of urea groups is 1. The molecule has 1 aliphatic heterocycles. The molecule has 1 aliphatic carbocycles. The van der Waals surface area contributed by atoms with E-state index in [0.717, 1.165) is 11.3 Å². The summed E-state index contributed by atoms with van der Waals surface area (Å²) in [7, 11) is 2.96. The number of fused-ring (bicyclic) bond motifs is 3. The third kappa shape index (κ3) is 2.54. The first-order chi connectivity index (χ1) is 12.5. The van der Waals surface area contributed by atoms with Crippen molar-refractivity contribution < 1.29 is 14.4 Å². The van der Waals surface area contributed by atoms with Crippen molar-refractivity contribution in [3.63, 3.8) is 0 Å². The minimum atomic E-state index is -0.744. The molecule has 0 spiro atoms. The number of rotatable bonds is 3. The molecule has 6 nitrogen and oxygen atoms in total. The summed E-state index contributed by atoms with van der Waals surface area (Å²) >= 11 is 0. The van der Waals surface area contributed by atoms with Crippen LogP contribution in [-0.2, 0) is 16.0 Å². The zero-order chi connectivity index (χ0) is 18.4. The highest BCUT2D eigenvalue weighted by molar-refractivity contribution is 6.06. The minimum absolute atomic E-state index is 0.0529. The molecule has 2 aliphatic rings. The van der Waals surface area contributed by atoms with Gasteiger partial charge in [-0.2, -0.15) is 0 Å². The van der Waals surface area contributed by atoms with Crippen LogP contribution in [0.25, 0.3) is 11.1 Å². The van der Waals surface area contributed by atoms with Gasteiger partial charge in [-0.25, -0.2) is 4.79 Å². The van der Waals surface area contributed by atoms with Gasteiger partial charge in [-0.15, -0.1) is 0 Å². The number of nitrogens with one attached hydrogen (secondary N) is 1. The molecule has 0 unspecified atom stereocenters. The summed E-state index contributed by atoms with van der Waals surface area (Å²) < 4.78 is 0. The molecule has 1 N–H and O–H groups in total. The lowest BCUT2D eigenvalue weighted by Crippen LogP contribution is -2.35. The first-order valence-corrected chi connectivity index (χ1v) is 8.51. The van der Waals surface area contributed by atoms with Crippen LogP contribution in [0.4, 0.5) is 10.5 Å². The van der Waals surface area contributed by atoms with Gasteiger partial charge in [0.1, 0.15) is 6.04 Å². The number of benzene rings is 2. The summed E-state index contributed by atoms with van der Waals surface area (Å²) in [6, 6.07) is 13.0. The Labute approximate surface area is 151 Å². The van der Waals surface area contributed by atoms with Crippen LogP contribution in [0.1, 0.15) is 17.5 Å². The predicted octanol–water partition coefficient (Wildman–Crippen LogP) is 2.48. The average molecular weight is 349 g/mol. The van der Waals surface area contributed by atoms with Crippen LogP contribution in [0.15, 0.2) is 42.5 Å². The molecule has 132 valence electrons. The predicted molar refractivity (Wildman–Crippen MR) is 97.6 cm³/mol. The molecule has 0 aromatic heterocycles. The summed E-state index contributed by atoms with van der Waals surface area (Å²) in [4.78, 5) is 38.6. The number of hydrogen-bond donors (Lipinski definition) is 1. The monoisotopic (exact) mass is 349 g/mol. The van der Waals surface area contributed by atoms with Crippen molar-refractivity contribution in [2.75, 3.05) is 19.4 Å². The molecule has 4 rings (SSSR count). The zero-order valence-electron chi connectivity index (χ0n) is 14.7. The molecule has 1 fully saturated rings. The topological polar surface area (TPSA) is 69.7 Å². The third-order valence-corrected chi connectivity index (χ3v) is 5.13. The van der Waals surface area contributed by atoms with Gasteiger partial charge in [-0.3, -0.25) is 14.5 Å². The van der Waals surface area contributed by atoms with E-state index in [4.69, 9.17) is 0 Å². The van der Waals surface area contributed by atoms with Crippen LogP contribution >= 0.6 is 0 Å². The van der Waals surface area contributed by atoms with Crippen molar-refractivity contribution in [3.05, 3.63) is 53.6 Å². The molecular weight excluding hydrogens is 330 g/mol. The Hall–Kier alpha value is -3.15. The van der Waals surface area contributed by atoms with Crippen LogP contribution in [0.2, 0.25) is 0 Å². The van der Waals surface area contributed by atoms with Gasteiger partial charge in [0.15, 0.2) is 0 Å². The van der Waals surface area contributed by atoms with Crippen molar-refractivity contribution in [3.8, 4) is 11.1 Å². The quantitative estimate of drug-likeness (QED) is 0.739. The van der Waals surface area contributed by atoms with E-state index in [9.17, 15) is 14.4 Å². The van der Waals surface area contributed by atoms with E-state index in [1.165, 1.54) is 41.2 Å². The molecule has 0 radical (unpaired) electrons. The van der Waals surface area contributed by atoms with Gasteiger partial charge in [0, 0.05) is 19.8 Å². The van der Waals surface area contributed by atoms with Crippen molar-refractivity contribution in [2.45, 2.75) is 18.9 Å². The number of carbonyl (C=O) groups excluding carboxylic acids is 3. The number of nitrogens with zero attached hydrogens (tertiary/aromatic N) is 2. The molecular formula is C20H19N3O3. The summed E-state index contributed by atoms with van der Waals surface area (Å²) in [5.74, 6) is -0.634. The molecule has 26 heavy (non-hydrogen) atoms. The number of amides is 4. The maximum atomic E-state index is 12.4. The van der Waals surface area contributed by atoms with E-state index in [2.05, 4.69) is 17.4 Å². The van der Waals surface area contributed by atoms with Crippen LogP contribution in [0.3, 0.4) is 0 Å².